The van der Waals surface area contributed by atoms with Crippen LogP contribution in [0.1, 0.15) is 70.7 Å². The molecule has 2 aliphatic rings. The van der Waals surface area contributed by atoms with Crippen molar-refractivity contribution in [1.29, 1.82) is 0 Å². The van der Waals surface area contributed by atoms with Crippen LogP contribution in [0.4, 0.5) is 5.82 Å². The van der Waals surface area contributed by atoms with E-state index in [1.54, 1.807) is 6.33 Å². The number of hydrogen-bond donors (Lipinski definition) is 1. The van der Waals surface area contributed by atoms with Gasteiger partial charge in [0.05, 0.1) is 16.8 Å². The molecule has 7 nitrogen and oxygen atoms in total. The van der Waals surface area contributed by atoms with Gasteiger partial charge >= 0.3 is 0 Å². The molecule has 1 unspecified atom stereocenters. The summed E-state index contributed by atoms with van der Waals surface area (Å²) in [4.78, 5) is 8.84. The van der Waals surface area contributed by atoms with Crippen molar-refractivity contribution in [2.75, 3.05) is 12.3 Å². The molecule has 0 radical (unpaired) electrons. The minimum absolute atomic E-state index is 0.0184. The quantitative estimate of drug-likeness (QED) is 0.736. The number of ether oxygens (including phenoxy) is 1. The molecule has 3 aromatic heterocycles. The number of rotatable bonds is 3. The van der Waals surface area contributed by atoms with E-state index in [9.17, 15) is 0 Å². The maximum atomic E-state index is 6.33. The Labute approximate surface area is 164 Å². The van der Waals surface area contributed by atoms with Gasteiger partial charge < -0.3 is 15.0 Å². The summed E-state index contributed by atoms with van der Waals surface area (Å²) in [5.74, 6) is 1.08. The molecule has 0 bridgehead atoms. The van der Waals surface area contributed by atoms with E-state index in [-0.39, 0.29) is 11.8 Å². The summed E-state index contributed by atoms with van der Waals surface area (Å²) in [6.45, 7) is 7.31. The smallest absolute Gasteiger partial charge is 0.150 e. The monoisotopic (exact) mass is 380 g/mol. The highest BCUT2D eigenvalue weighted by molar-refractivity contribution is 6.00. The first-order chi connectivity index (χ1) is 13.4. The van der Waals surface area contributed by atoms with Gasteiger partial charge in [-0.3, -0.25) is 0 Å². The summed E-state index contributed by atoms with van der Waals surface area (Å²) in [5, 5.41) is 5.88. The standard InChI is InChI=1S/C21H28N6O/c1-21(2,3)26-11-14(18-19(22)23-12-24-20(18)26)16-10-15(13-7-8-13)25-27(16)17-6-4-5-9-28-17/h10-13,17H,4-9H2,1-3H3,(H2,22,23,24). The van der Waals surface area contributed by atoms with E-state index in [1.165, 1.54) is 12.8 Å². The van der Waals surface area contributed by atoms with Crippen LogP contribution in [0.25, 0.3) is 22.3 Å². The molecule has 1 saturated heterocycles. The first-order valence-corrected chi connectivity index (χ1v) is 10.3. The predicted molar refractivity (Wildman–Crippen MR) is 109 cm³/mol. The van der Waals surface area contributed by atoms with Crippen molar-refractivity contribution in [3.63, 3.8) is 0 Å². The van der Waals surface area contributed by atoms with Crippen LogP contribution in [-0.2, 0) is 10.3 Å². The molecule has 7 heteroatoms. The molecule has 3 aromatic rings. The Kier molecular flexibility index (Phi) is 3.98. The van der Waals surface area contributed by atoms with Crippen molar-refractivity contribution >= 4 is 16.9 Å². The first kappa shape index (κ1) is 17.7. The van der Waals surface area contributed by atoms with Crippen molar-refractivity contribution in [2.24, 2.45) is 0 Å². The van der Waals surface area contributed by atoms with E-state index in [2.05, 4.69) is 52.3 Å². The number of anilines is 1. The number of aromatic nitrogens is 5. The van der Waals surface area contributed by atoms with Crippen molar-refractivity contribution in [1.82, 2.24) is 24.3 Å². The van der Waals surface area contributed by atoms with Crippen LogP contribution in [0, 0.1) is 0 Å². The molecule has 2 N–H and O–H groups in total. The Balaban J connectivity index is 1.74. The molecule has 1 aliphatic carbocycles. The minimum atomic E-state index is -0.122. The lowest BCUT2D eigenvalue weighted by atomic mass is 10.1. The van der Waals surface area contributed by atoms with Gasteiger partial charge in [-0.25, -0.2) is 14.6 Å². The number of nitrogens with two attached hydrogens (primary N) is 1. The molecule has 0 spiro atoms. The zero-order chi connectivity index (χ0) is 19.5. The van der Waals surface area contributed by atoms with Crippen LogP contribution >= 0.6 is 0 Å². The lowest BCUT2D eigenvalue weighted by Crippen LogP contribution is -2.21. The highest BCUT2D eigenvalue weighted by Crippen LogP contribution is 2.43. The number of fused-ring (bicyclic) bond motifs is 1. The zero-order valence-electron chi connectivity index (χ0n) is 16.9. The fourth-order valence-corrected chi connectivity index (χ4v) is 4.12. The van der Waals surface area contributed by atoms with Crippen LogP contribution in [-0.4, -0.2) is 30.9 Å². The zero-order valence-corrected chi connectivity index (χ0v) is 16.9. The summed E-state index contributed by atoms with van der Waals surface area (Å²) in [5.41, 5.74) is 10.3. The summed E-state index contributed by atoms with van der Waals surface area (Å²) in [6.07, 6.45) is 9.39. The Morgan fingerprint density at radius 2 is 1.96 bits per heavy atom. The molecule has 0 amide bonds. The van der Waals surface area contributed by atoms with E-state index in [0.717, 1.165) is 53.9 Å². The van der Waals surface area contributed by atoms with Crippen LogP contribution in [0.2, 0.25) is 0 Å². The molecule has 4 heterocycles. The molecule has 1 atom stereocenters. The summed E-state index contributed by atoms with van der Waals surface area (Å²) >= 11 is 0. The molecular formula is C21H28N6O. The minimum Gasteiger partial charge on any atom is -0.383 e. The fourth-order valence-electron chi connectivity index (χ4n) is 4.12. The molecule has 5 rings (SSSR count). The van der Waals surface area contributed by atoms with E-state index in [1.807, 2.05) is 0 Å². The van der Waals surface area contributed by atoms with Gasteiger partial charge in [0.2, 0.25) is 0 Å². The van der Waals surface area contributed by atoms with Gasteiger partial charge in [0.25, 0.3) is 0 Å². The second kappa shape index (κ2) is 6.30. The molecule has 2 fully saturated rings. The van der Waals surface area contributed by atoms with Crippen LogP contribution in [0.5, 0.6) is 0 Å². The highest BCUT2D eigenvalue weighted by atomic mass is 16.5. The highest BCUT2D eigenvalue weighted by Gasteiger charge is 2.31. The number of nitrogens with zero attached hydrogens (tertiary/aromatic N) is 5. The van der Waals surface area contributed by atoms with Crippen molar-refractivity contribution in [3.05, 3.63) is 24.3 Å². The number of nitrogen functional groups attached to an aromatic ring is 1. The van der Waals surface area contributed by atoms with Crippen LogP contribution in [0.3, 0.4) is 0 Å². The average Bonchev–Trinajstić information content (AvgIpc) is 3.29. The van der Waals surface area contributed by atoms with Crippen LogP contribution in [0.15, 0.2) is 18.6 Å². The predicted octanol–water partition coefficient (Wildman–Crippen LogP) is 4.21. The van der Waals surface area contributed by atoms with Gasteiger partial charge in [-0.05, 0) is 58.9 Å². The Morgan fingerprint density at radius 1 is 1.14 bits per heavy atom. The molecule has 1 aliphatic heterocycles. The van der Waals surface area contributed by atoms with Gasteiger partial charge in [-0.2, -0.15) is 5.10 Å². The lowest BCUT2D eigenvalue weighted by molar-refractivity contribution is -0.0385. The van der Waals surface area contributed by atoms with Crippen molar-refractivity contribution in [3.8, 4) is 11.3 Å². The number of hydrogen-bond acceptors (Lipinski definition) is 5. The van der Waals surface area contributed by atoms with Crippen LogP contribution < -0.4 is 5.73 Å². The summed E-state index contributed by atoms with van der Waals surface area (Å²) in [7, 11) is 0. The third-order valence-electron chi connectivity index (χ3n) is 5.79. The molecular weight excluding hydrogens is 352 g/mol. The molecule has 0 aromatic carbocycles. The Morgan fingerprint density at radius 3 is 2.64 bits per heavy atom. The summed E-state index contributed by atoms with van der Waals surface area (Å²) in [6, 6.07) is 2.23. The normalized spacial score (nSPS) is 20.8. The SMILES string of the molecule is CC(C)(C)n1cc(-c2cc(C3CC3)nn2C2CCCCO2)c2c(N)ncnc21. The van der Waals surface area contributed by atoms with Crippen molar-refractivity contribution < 1.29 is 4.74 Å². The molecule has 28 heavy (non-hydrogen) atoms. The third-order valence-corrected chi connectivity index (χ3v) is 5.79. The van der Waals surface area contributed by atoms with E-state index in [4.69, 9.17) is 15.6 Å². The van der Waals surface area contributed by atoms with E-state index in [0.29, 0.717) is 11.7 Å². The van der Waals surface area contributed by atoms with E-state index >= 15 is 0 Å². The Bertz CT molecular complexity index is 1020. The topological polar surface area (TPSA) is 83.8 Å². The first-order valence-electron chi connectivity index (χ1n) is 10.3. The maximum Gasteiger partial charge on any atom is 0.150 e. The lowest BCUT2D eigenvalue weighted by Gasteiger charge is -2.24. The fraction of sp³-hybridized carbons (Fsp3) is 0.571. The van der Waals surface area contributed by atoms with E-state index < -0.39 is 0 Å². The van der Waals surface area contributed by atoms with Crippen molar-refractivity contribution in [2.45, 2.75) is 70.6 Å². The largest absolute Gasteiger partial charge is 0.383 e. The molecule has 148 valence electrons. The molecule has 1 saturated carbocycles. The summed E-state index contributed by atoms with van der Waals surface area (Å²) < 4.78 is 10.4. The van der Waals surface area contributed by atoms with Gasteiger partial charge in [0.15, 0.2) is 6.23 Å². The van der Waals surface area contributed by atoms with Gasteiger partial charge in [-0.1, -0.05) is 0 Å². The second-order valence-electron chi connectivity index (χ2n) is 9.04. The Hall–Kier alpha value is -2.41. The van der Waals surface area contributed by atoms with Gasteiger partial charge in [0.1, 0.15) is 17.8 Å². The third kappa shape index (κ3) is 2.89. The average molecular weight is 380 g/mol. The van der Waals surface area contributed by atoms with Gasteiger partial charge in [-0.15, -0.1) is 0 Å². The second-order valence-corrected chi connectivity index (χ2v) is 9.04. The van der Waals surface area contributed by atoms with Gasteiger partial charge in [0, 0.05) is 29.8 Å². The maximum absolute atomic E-state index is 6.33.